The van der Waals surface area contributed by atoms with Gasteiger partial charge in [-0.25, -0.2) is 0 Å². The number of guanidine groups is 1. The predicted octanol–water partition coefficient (Wildman–Crippen LogP) is 1.11. The first-order chi connectivity index (χ1) is 10.7. The third-order valence-corrected chi connectivity index (χ3v) is 5.30. The second-order valence-electron chi connectivity index (χ2n) is 5.71. The number of aliphatic imine (C=N–C) groups is 1. The molecule has 6 nitrogen and oxygen atoms in total. The number of piperidine rings is 1. The summed E-state index contributed by atoms with van der Waals surface area (Å²) < 4.78 is 4.83. The number of rotatable bonds is 4. The van der Waals surface area contributed by atoms with Gasteiger partial charge in [0.1, 0.15) is 0 Å². The lowest BCUT2D eigenvalue weighted by atomic mass is 9.97. The average molecular weight is 456 g/mol. The van der Waals surface area contributed by atoms with Gasteiger partial charge in [0.25, 0.3) is 0 Å². The molecule has 2 heterocycles. The number of esters is 1. The number of halogens is 1. The molecule has 134 valence electrons. The molecule has 0 aliphatic carbocycles. The zero-order chi connectivity index (χ0) is 15.8. The molecular formula is C15H29IN4O2S. The van der Waals surface area contributed by atoms with Crippen LogP contribution in [0.25, 0.3) is 0 Å². The summed E-state index contributed by atoms with van der Waals surface area (Å²) in [6, 6.07) is 0. The quantitative estimate of drug-likeness (QED) is 0.296. The van der Waals surface area contributed by atoms with Crippen molar-refractivity contribution in [1.29, 1.82) is 0 Å². The minimum Gasteiger partial charge on any atom is -0.469 e. The summed E-state index contributed by atoms with van der Waals surface area (Å²) in [5, 5.41) is 3.46. The van der Waals surface area contributed by atoms with Crippen molar-refractivity contribution in [2.75, 3.05) is 64.9 Å². The number of nitrogens with one attached hydrogen (secondary N) is 1. The van der Waals surface area contributed by atoms with Gasteiger partial charge in [-0.15, -0.1) is 24.0 Å². The van der Waals surface area contributed by atoms with Crippen molar-refractivity contribution < 1.29 is 9.53 Å². The van der Waals surface area contributed by atoms with Crippen molar-refractivity contribution in [3.05, 3.63) is 0 Å². The van der Waals surface area contributed by atoms with Gasteiger partial charge in [0.15, 0.2) is 5.96 Å². The van der Waals surface area contributed by atoms with Crippen LogP contribution in [0.5, 0.6) is 0 Å². The van der Waals surface area contributed by atoms with Gasteiger partial charge >= 0.3 is 5.97 Å². The second kappa shape index (κ2) is 11.4. The van der Waals surface area contributed by atoms with Gasteiger partial charge in [0, 0.05) is 57.8 Å². The highest BCUT2D eigenvalue weighted by atomic mass is 127. The number of methoxy groups -OCH3 is 1. The van der Waals surface area contributed by atoms with E-state index >= 15 is 0 Å². The standard InChI is InChI=1S/C15H28N4O2S.HI/c1-16-15(17-5-8-18-9-11-22-12-10-18)19-6-3-13(4-7-19)14(20)21-2;/h13H,3-12H2,1-2H3,(H,16,17);1H. The van der Waals surface area contributed by atoms with Crippen LogP contribution in [0.15, 0.2) is 4.99 Å². The van der Waals surface area contributed by atoms with Gasteiger partial charge in [-0.2, -0.15) is 11.8 Å². The predicted molar refractivity (Wildman–Crippen MR) is 107 cm³/mol. The Morgan fingerprint density at radius 1 is 1.26 bits per heavy atom. The number of nitrogens with zero attached hydrogens (tertiary/aromatic N) is 3. The number of carbonyl (C=O) groups excluding carboxylic acids is 1. The number of likely N-dealkylation sites (tertiary alicyclic amines) is 1. The van der Waals surface area contributed by atoms with Gasteiger partial charge in [-0.1, -0.05) is 0 Å². The number of ether oxygens (including phenoxy) is 1. The van der Waals surface area contributed by atoms with Crippen molar-refractivity contribution in [3.63, 3.8) is 0 Å². The minimum atomic E-state index is -0.0782. The van der Waals surface area contributed by atoms with Gasteiger partial charge in [0.2, 0.25) is 0 Å². The molecule has 0 unspecified atom stereocenters. The van der Waals surface area contributed by atoms with Crippen LogP contribution in [0, 0.1) is 5.92 Å². The highest BCUT2D eigenvalue weighted by Gasteiger charge is 2.26. The first-order valence-electron chi connectivity index (χ1n) is 8.08. The van der Waals surface area contributed by atoms with Gasteiger partial charge in [-0.05, 0) is 12.8 Å². The van der Waals surface area contributed by atoms with Crippen LogP contribution in [-0.4, -0.2) is 86.7 Å². The molecule has 8 heteroatoms. The van der Waals surface area contributed by atoms with E-state index in [1.807, 2.05) is 18.8 Å². The molecule has 0 radical (unpaired) electrons. The van der Waals surface area contributed by atoms with E-state index in [-0.39, 0.29) is 35.9 Å². The third kappa shape index (κ3) is 6.66. The fraction of sp³-hybridized carbons (Fsp3) is 0.867. The smallest absolute Gasteiger partial charge is 0.308 e. The fourth-order valence-electron chi connectivity index (χ4n) is 2.98. The molecule has 1 N–H and O–H groups in total. The van der Waals surface area contributed by atoms with Crippen LogP contribution in [0.4, 0.5) is 0 Å². The molecule has 0 bridgehead atoms. The summed E-state index contributed by atoms with van der Waals surface area (Å²) in [5.74, 6) is 3.41. The molecule has 0 atom stereocenters. The lowest BCUT2D eigenvalue weighted by Crippen LogP contribution is -2.48. The maximum Gasteiger partial charge on any atom is 0.308 e. The summed E-state index contributed by atoms with van der Waals surface area (Å²) in [4.78, 5) is 20.7. The Kier molecular flexibility index (Phi) is 10.3. The van der Waals surface area contributed by atoms with Gasteiger partial charge < -0.3 is 15.0 Å². The molecule has 23 heavy (non-hydrogen) atoms. The van der Waals surface area contributed by atoms with E-state index in [1.165, 1.54) is 31.7 Å². The highest BCUT2D eigenvalue weighted by Crippen LogP contribution is 2.18. The summed E-state index contributed by atoms with van der Waals surface area (Å²) >= 11 is 2.04. The van der Waals surface area contributed by atoms with E-state index in [0.717, 1.165) is 45.0 Å². The second-order valence-corrected chi connectivity index (χ2v) is 6.94. The van der Waals surface area contributed by atoms with E-state index in [2.05, 4.69) is 20.1 Å². The van der Waals surface area contributed by atoms with Crippen molar-refractivity contribution in [3.8, 4) is 0 Å². The fourth-order valence-corrected chi connectivity index (χ4v) is 3.96. The van der Waals surface area contributed by atoms with E-state index < -0.39 is 0 Å². The molecule has 2 fully saturated rings. The number of thioether (sulfide) groups is 1. The lowest BCUT2D eigenvalue weighted by Gasteiger charge is -2.33. The molecule has 0 aromatic carbocycles. The van der Waals surface area contributed by atoms with Gasteiger partial charge in [-0.3, -0.25) is 14.7 Å². The normalized spacial score (nSPS) is 20.8. The van der Waals surface area contributed by atoms with Crippen molar-refractivity contribution in [2.24, 2.45) is 10.9 Å². The molecule has 2 aliphatic heterocycles. The number of carbonyl (C=O) groups is 1. The van der Waals surface area contributed by atoms with Crippen LogP contribution < -0.4 is 5.32 Å². The van der Waals surface area contributed by atoms with E-state index in [0.29, 0.717) is 0 Å². The van der Waals surface area contributed by atoms with Crippen LogP contribution in [0.1, 0.15) is 12.8 Å². The minimum absolute atomic E-state index is 0. The Balaban J connectivity index is 0.00000264. The SMILES string of the molecule is CN=C(NCCN1CCSCC1)N1CCC(C(=O)OC)CC1.I. The Labute approximate surface area is 160 Å². The molecule has 0 aromatic rings. The molecule has 2 rings (SSSR count). The first-order valence-corrected chi connectivity index (χ1v) is 9.23. The molecule has 0 spiro atoms. The lowest BCUT2D eigenvalue weighted by molar-refractivity contribution is -0.146. The Hall–Kier alpha value is -0.220. The molecule has 0 amide bonds. The average Bonchev–Trinajstić information content (AvgIpc) is 2.59. The summed E-state index contributed by atoms with van der Waals surface area (Å²) in [5.41, 5.74) is 0. The molecule has 2 saturated heterocycles. The molecule has 0 aromatic heterocycles. The van der Waals surface area contributed by atoms with Crippen molar-refractivity contribution in [2.45, 2.75) is 12.8 Å². The van der Waals surface area contributed by atoms with Crippen LogP contribution in [0.2, 0.25) is 0 Å². The van der Waals surface area contributed by atoms with E-state index in [1.54, 1.807) is 0 Å². The highest BCUT2D eigenvalue weighted by molar-refractivity contribution is 14.0. The van der Waals surface area contributed by atoms with Crippen molar-refractivity contribution >= 4 is 47.7 Å². The van der Waals surface area contributed by atoms with E-state index in [4.69, 9.17) is 4.74 Å². The Morgan fingerprint density at radius 3 is 2.48 bits per heavy atom. The van der Waals surface area contributed by atoms with Crippen molar-refractivity contribution in [1.82, 2.24) is 15.1 Å². The zero-order valence-electron chi connectivity index (χ0n) is 14.1. The summed E-state index contributed by atoms with van der Waals surface area (Å²) in [6.07, 6.45) is 1.69. The summed E-state index contributed by atoms with van der Waals surface area (Å²) in [7, 11) is 3.29. The molecule has 0 saturated carbocycles. The molecular weight excluding hydrogens is 427 g/mol. The van der Waals surface area contributed by atoms with E-state index in [9.17, 15) is 4.79 Å². The Morgan fingerprint density at radius 2 is 1.91 bits per heavy atom. The summed E-state index contributed by atoms with van der Waals surface area (Å²) in [6.45, 7) is 6.09. The molecule has 2 aliphatic rings. The largest absolute Gasteiger partial charge is 0.469 e. The van der Waals surface area contributed by atoms with Crippen LogP contribution in [-0.2, 0) is 9.53 Å². The maximum absolute atomic E-state index is 11.6. The number of hydrogen-bond donors (Lipinski definition) is 1. The Bertz CT molecular complexity index is 384. The van der Waals surface area contributed by atoms with Crippen LogP contribution >= 0.6 is 35.7 Å². The third-order valence-electron chi connectivity index (χ3n) is 4.36. The topological polar surface area (TPSA) is 57.2 Å². The van der Waals surface area contributed by atoms with Gasteiger partial charge in [0.05, 0.1) is 13.0 Å². The number of hydrogen-bond acceptors (Lipinski definition) is 5. The van der Waals surface area contributed by atoms with Crippen LogP contribution in [0.3, 0.4) is 0 Å². The monoisotopic (exact) mass is 456 g/mol. The zero-order valence-corrected chi connectivity index (χ0v) is 17.3. The first kappa shape index (κ1) is 20.8. The maximum atomic E-state index is 11.6.